The molecule has 1 unspecified atom stereocenters. The lowest BCUT2D eigenvalue weighted by molar-refractivity contribution is -0.120. The Hall–Kier alpha value is -2.66. The number of aryl methyl sites for hydroxylation is 1. The second-order valence-corrected chi connectivity index (χ2v) is 8.99. The SMILES string of the molecule is Cc1cc(-n2c(C3CCOCC3)c(C3CCCC(=O)C3)c3cc(O)ccc32)ccc1F. The van der Waals surface area contributed by atoms with Crippen LogP contribution in [-0.4, -0.2) is 28.7 Å². The molecule has 2 fully saturated rings. The number of halogens is 1. The van der Waals surface area contributed by atoms with Gasteiger partial charge in [-0.3, -0.25) is 4.79 Å². The Morgan fingerprint density at radius 1 is 1.06 bits per heavy atom. The highest BCUT2D eigenvalue weighted by atomic mass is 19.1. The molecule has 162 valence electrons. The van der Waals surface area contributed by atoms with E-state index in [1.165, 1.54) is 17.3 Å². The van der Waals surface area contributed by atoms with Gasteiger partial charge in [-0.1, -0.05) is 0 Å². The number of hydrogen-bond acceptors (Lipinski definition) is 3. The summed E-state index contributed by atoms with van der Waals surface area (Å²) in [4.78, 5) is 12.4. The number of hydrogen-bond donors (Lipinski definition) is 1. The van der Waals surface area contributed by atoms with Gasteiger partial charge in [0.2, 0.25) is 0 Å². The van der Waals surface area contributed by atoms with Crippen LogP contribution in [0.15, 0.2) is 36.4 Å². The minimum Gasteiger partial charge on any atom is -0.508 e. The lowest BCUT2D eigenvalue weighted by atomic mass is 9.79. The van der Waals surface area contributed by atoms with E-state index in [4.69, 9.17) is 4.74 Å². The molecule has 0 bridgehead atoms. The molecule has 1 saturated heterocycles. The topological polar surface area (TPSA) is 51.5 Å². The van der Waals surface area contributed by atoms with E-state index in [2.05, 4.69) is 4.57 Å². The largest absolute Gasteiger partial charge is 0.508 e. The van der Waals surface area contributed by atoms with Gasteiger partial charge in [0.25, 0.3) is 0 Å². The van der Waals surface area contributed by atoms with E-state index in [0.717, 1.165) is 42.3 Å². The predicted molar refractivity (Wildman–Crippen MR) is 119 cm³/mol. The van der Waals surface area contributed by atoms with Gasteiger partial charge in [-0.25, -0.2) is 4.39 Å². The number of ketones is 1. The van der Waals surface area contributed by atoms with Crippen LogP contribution >= 0.6 is 0 Å². The fourth-order valence-corrected chi connectivity index (χ4v) is 5.44. The van der Waals surface area contributed by atoms with Crippen LogP contribution in [0.5, 0.6) is 5.75 Å². The van der Waals surface area contributed by atoms with Crippen LogP contribution < -0.4 is 0 Å². The Labute approximate surface area is 181 Å². The minimum absolute atomic E-state index is 0.145. The molecule has 1 N–H and O–H groups in total. The number of ether oxygens (including phenoxy) is 1. The zero-order valence-electron chi connectivity index (χ0n) is 17.9. The minimum atomic E-state index is -0.219. The summed E-state index contributed by atoms with van der Waals surface area (Å²) in [6, 6.07) is 10.7. The van der Waals surface area contributed by atoms with Crippen LogP contribution in [0.3, 0.4) is 0 Å². The summed E-state index contributed by atoms with van der Waals surface area (Å²) < 4.78 is 22.0. The number of phenols is 1. The summed E-state index contributed by atoms with van der Waals surface area (Å²) in [7, 11) is 0. The van der Waals surface area contributed by atoms with E-state index in [0.29, 0.717) is 43.3 Å². The van der Waals surface area contributed by atoms with Crippen LogP contribution in [0, 0.1) is 12.7 Å². The Kier molecular flexibility index (Phi) is 5.30. The summed E-state index contributed by atoms with van der Waals surface area (Å²) in [5, 5.41) is 11.3. The van der Waals surface area contributed by atoms with Crippen molar-refractivity contribution in [2.45, 2.75) is 57.3 Å². The number of phenolic OH excluding ortho intramolecular Hbond substituents is 1. The molecule has 1 atom stereocenters. The number of Topliss-reactive ketones (excluding diaryl/α,β-unsaturated/α-hetero) is 1. The van der Waals surface area contributed by atoms with Crippen molar-refractivity contribution in [3.63, 3.8) is 0 Å². The molecule has 1 aliphatic carbocycles. The molecule has 2 aromatic carbocycles. The first-order valence-corrected chi connectivity index (χ1v) is 11.3. The van der Waals surface area contributed by atoms with Crippen molar-refractivity contribution in [1.29, 1.82) is 0 Å². The quantitative estimate of drug-likeness (QED) is 0.572. The maximum Gasteiger partial charge on any atom is 0.133 e. The summed E-state index contributed by atoms with van der Waals surface area (Å²) in [5.74, 6) is 0.755. The normalized spacial score (nSPS) is 20.5. The molecule has 1 aromatic heterocycles. The molecule has 0 spiro atoms. The summed E-state index contributed by atoms with van der Waals surface area (Å²) >= 11 is 0. The molecule has 2 aliphatic rings. The molecule has 4 nitrogen and oxygen atoms in total. The number of carbonyl (C=O) groups is 1. The van der Waals surface area contributed by atoms with Crippen LogP contribution in [0.1, 0.15) is 67.2 Å². The lowest BCUT2D eigenvalue weighted by Gasteiger charge is -2.29. The molecule has 1 aliphatic heterocycles. The molecular weight excluding hydrogens is 393 g/mol. The second-order valence-electron chi connectivity index (χ2n) is 8.99. The Morgan fingerprint density at radius 3 is 2.61 bits per heavy atom. The average molecular weight is 422 g/mol. The van der Waals surface area contributed by atoms with Gasteiger partial charge >= 0.3 is 0 Å². The van der Waals surface area contributed by atoms with Gasteiger partial charge in [-0.05, 0) is 86.1 Å². The molecule has 5 rings (SSSR count). The Morgan fingerprint density at radius 2 is 1.87 bits per heavy atom. The van der Waals surface area contributed by atoms with Gasteiger partial charge < -0.3 is 14.4 Å². The number of rotatable bonds is 3. The third kappa shape index (κ3) is 3.65. The number of aromatic hydroxyl groups is 1. The van der Waals surface area contributed by atoms with Crippen molar-refractivity contribution in [1.82, 2.24) is 4.57 Å². The fraction of sp³-hybridized carbons (Fsp3) is 0.423. The summed E-state index contributed by atoms with van der Waals surface area (Å²) in [5.41, 5.74) is 4.91. The van der Waals surface area contributed by atoms with Crippen molar-refractivity contribution in [3.8, 4) is 11.4 Å². The average Bonchev–Trinajstić information content (AvgIpc) is 3.10. The lowest BCUT2D eigenvalue weighted by Crippen LogP contribution is -2.20. The number of benzene rings is 2. The van der Waals surface area contributed by atoms with Crippen molar-refractivity contribution < 1.29 is 19.0 Å². The van der Waals surface area contributed by atoms with Gasteiger partial charge in [0, 0.05) is 48.7 Å². The number of aromatic nitrogens is 1. The van der Waals surface area contributed by atoms with Crippen LogP contribution in [-0.2, 0) is 9.53 Å². The van der Waals surface area contributed by atoms with E-state index in [1.54, 1.807) is 13.0 Å². The molecule has 3 aromatic rings. The second kappa shape index (κ2) is 8.12. The van der Waals surface area contributed by atoms with E-state index in [9.17, 15) is 14.3 Å². The highest BCUT2D eigenvalue weighted by Gasteiger charge is 2.33. The summed E-state index contributed by atoms with van der Waals surface area (Å²) in [6.07, 6.45) is 4.90. The smallest absolute Gasteiger partial charge is 0.133 e. The van der Waals surface area contributed by atoms with Crippen molar-refractivity contribution in [2.24, 2.45) is 0 Å². The monoisotopic (exact) mass is 421 g/mol. The van der Waals surface area contributed by atoms with Gasteiger partial charge in [-0.2, -0.15) is 0 Å². The van der Waals surface area contributed by atoms with Crippen molar-refractivity contribution in [2.75, 3.05) is 13.2 Å². The van der Waals surface area contributed by atoms with E-state index in [-0.39, 0.29) is 17.5 Å². The molecule has 2 heterocycles. The molecule has 0 amide bonds. The zero-order chi connectivity index (χ0) is 21.5. The summed E-state index contributed by atoms with van der Waals surface area (Å²) in [6.45, 7) is 3.21. The molecular formula is C26H28FNO3. The standard InChI is InChI=1S/C26H28FNO3/c1-16-13-19(5-7-23(16)27)28-24-8-6-21(30)15-22(24)25(18-3-2-4-20(29)14-18)26(28)17-9-11-31-12-10-17/h5-8,13,15,17-18,30H,2-4,9-12,14H2,1H3. The van der Waals surface area contributed by atoms with Gasteiger partial charge in [0.15, 0.2) is 0 Å². The van der Waals surface area contributed by atoms with Gasteiger partial charge in [0.05, 0.1) is 5.52 Å². The number of nitrogens with zero attached hydrogens (tertiary/aromatic N) is 1. The van der Waals surface area contributed by atoms with E-state index in [1.807, 2.05) is 24.3 Å². The first kappa shape index (κ1) is 20.3. The Balaban J connectivity index is 1.81. The Bertz CT molecular complexity index is 1140. The van der Waals surface area contributed by atoms with Crippen molar-refractivity contribution >= 4 is 16.7 Å². The van der Waals surface area contributed by atoms with Gasteiger partial charge in [0.1, 0.15) is 17.3 Å². The number of fused-ring (bicyclic) bond motifs is 1. The molecule has 1 saturated carbocycles. The van der Waals surface area contributed by atoms with Crippen LogP contribution in [0.25, 0.3) is 16.6 Å². The van der Waals surface area contributed by atoms with E-state index >= 15 is 0 Å². The maximum absolute atomic E-state index is 14.1. The third-order valence-corrected chi connectivity index (χ3v) is 6.93. The van der Waals surface area contributed by atoms with Gasteiger partial charge in [-0.15, -0.1) is 0 Å². The predicted octanol–water partition coefficient (Wildman–Crippen LogP) is 5.90. The van der Waals surface area contributed by atoms with Crippen molar-refractivity contribution in [3.05, 3.63) is 59.0 Å². The first-order chi connectivity index (χ1) is 15.0. The molecule has 5 heteroatoms. The zero-order valence-corrected chi connectivity index (χ0v) is 17.9. The number of carbonyl (C=O) groups excluding carboxylic acids is 1. The van der Waals surface area contributed by atoms with Crippen LogP contribution in [0.2, 0.25) is 0 Å². The first-order valence-electron chi connectivity index (χ1n) is 11.3. The highest BCUT2D eigenvalue weighted by molar-refractivity contribution is 5.91. The maximum atomic E-state index is 14.1. The fourth-order valence-electron chi connectivity index (χ4n) is 5.44. The van der Waals surface area contributed by atoms with E-state index < -0.39 is 0 Å². The highest BCUT2D eigenvalue weighted by Crippen LogP contribution is 2.46. The van der Waals surface area contributed by atoms with Crippen LogP contribution in [0.4, 0.5) is 4.39 Å². The molecule has 31 heavy (non-hydrogen) atoms. The molecule has 0 radical (unpaired) electrons. The third-order valence-electron chi connectivity index (χ3n) is 6.93.